The Bertz CT molecular complexity index is 1200. The number of aryl methyl sites for hydroxylation is 1. The van der Waals surface area contributed by atoms with E-state index in [1.54, 1.807) is 35.1 Å². The summed E-state index contributed by atoms with van der Waals surface area (Å²) < 4.78 is 31.3. The smallest absolute Gasteiger partial charge is 0.292 e. The minimum absolute atomic E-state index is 0.104. The van der Waals surface area contributed by atoms with Crippen molar-refractivity contribution in [1.29, 1.82) is 0 Å². The van der Waals surface area contributed by atoms with E-state index >= 15 is 0 Å². The summed E-state index contributed by atoms with van der Waals surface area (Å²) in [7, 11) is -1.72. The van der Waals surface area contributed by atoms with Crippen LogP contribution >= 0.6 is 11.6 Å². The zero-order chi connectivity index (χ0) is 21.5. The summed E-state index contributed by atoms with van der Waals surface area (Å²) in [4.78, 5) is 19.0. The molecule has 9 nitrogen and oxygen atoms in total. The third kappa shape index (κ3) is 4.10. The highest BCUT2D eigenvalue weighted by Gasteiger charge is 2.31. The van der Waals surface area contributed by atoms with Crippen LogP contribution in [0.4, 0.5) is 0 Å². The molecular formula is C19H20ClN5O4S. The van der Waals surface area contributed by atoms with Crippen LogP contribution in [0.5, 0.6) is 0 Å². The molecule has 3 aromatic rings. The lowest BCUT2D eigenvalue weighted by atomic mass is 9.94. The molecule has 0 aromatic carbocycles. The monoisotopic (exact) mass is 449 g/mol. The molecular weight excluding hydrogens is 430 g/mol. The Labute approximate surface area is 178 Å². The standard InChI is InChI=1S/C19H20ClN5O4S/c1-24-10-13(8-22-24)15-7-16(29-23-15)19(26)25-5-3-4-12(11-25)18-17(30(2,27)28)6-14(20)9-21-18/h6-10,12H,3-5,11H2,1-2H3/t12-/m1/s1. The Morgan fingerprint density at radius 1 is 1.30 bits per heavy atom. The van der Waals surface area contributed by atoms with Gasteiger partial charge in [0.15, 0.2) is 9.84 Å². The molecule has 0 aliphatic carbocycles. The van der Waals surface area contributed by atoms with E-state index in [9.17, 15) is 13.2 Å². The van der Waals surface area contributed by atoms with Gasteiger partial charge in [-0.15, -0.1) is 0 Å². The van der Waals surface area contributed by atoms with Crippen molar-refractivity contribution in [1.82, 2.24) is 24.8 Å². The zero-order valence-electron chi connectivity index (χ0n) is 16.4. The summed E-state index contributed by atoms with van der Waals surface area (Å²) in [6, 6.07) is 3.00. The van der Waals surface area contributed by atoms with E-state index in [2.05, 4.69) is 15.2 Å². The van der Waals surface area contributed by atoms with Gasteiger partial charge < -0.3 is 9.42 Å². The number of halogens is 1. The number of aromatic nitrogens is 4. The third-order valence-electron chi connectivity index (χ3n) is 5.06. The van der Waals surface area contributed by atoms with Gasteiger partial charge >= 0.3 is 0 Å². The summed E-state index contributed by atoms with van der Waals surface area (Å²) in [5.41, 5.74) is 1.71. The Balaban J connectivity index is 1.57. The number of piperidine rings is 1. The Morgan fingerprint density at radius 3 is 2.80 bits per heavy atom. The van der Waals surface area contributed by atoms with Gasteiger partial charge in [0, 0.05) is 56.3 Å². The first-order chi connectivity index (χ1) is 14.2. The highest BCUT2D eigenvalue weighted by atomic mass is 35.5. The van der Waals surface area contributed by atoms with Crippen LogP contribution in [0.2, 0.25) is 5.02 Å². The number of hydrogen-bond donors (Lipinski definition) is 0. The highest BCUT2D eigenvalue weighted by molar-refractivity contribution is 7.90. The summed E-state index contributed by atoms with van der Waals surface area (Å²) in [6.07, 6.45) is 7.42. The molecule has 1 fully saturated rings. The van der Waals surface area contributed by atoms with Gasteiger partial charge in [-0.05, 0) is 18.9 Å². The lowest BCUT2D eigenvalue weighted by Gasteiger charge is -2.32. The number of carbonyl (C=O) groups is 1. The molecule has 0 N–H and O–H groups in total. The van der Waals surface area contributed by atoms with Crippen molar-refractivity contribution in [2.45, 2.75) is 23.7 Å². The van der Waals surface area contributed by atoms with Crippen molar-refractivity contribution in [2.75, 3.05) is 19.3 Å². The molecule has 4 heterocycles. The molecule has 11 heteroatoms. The number of pyridine rings is 1. The molecule has 158 valence electrons. The fourth-order valence-corrected chi connectivity index (χ4v) is 4.80. The van der Waals surface area contributed by atoms with Crippen LogP contribution in [0, 0.1) is 0 Å². The third-order valence-corrected chi connectivity index (χ3v) is 6.40. The van der Waals surface area contributed by atoms with Crippen LogP contribution in [0.1, 0.15) is 35.0 Å². The van der Waals surface area contributed by atoms with Crippen molar-refractivity contribution in [2.24, 2.45) is 7.05 Å². The molecule has 0 saturated carbocycles. The van der Waals surface area contributed by atoms with Gasteiger partial charge in [-0.3, -0.25) is 14.5 Å². The van der Waals surface area contributed by atoms with Gasteiger partial charge in [0.05, 0.1) is 21.8 Å². The fraction of sp³-hybridized carbons (Fsp3) is 0.368. The summed E-state index contributed by atoms with van der Waals surface area (Å²) in [5, 5.41) is 8.31. The summed E-state index contributed by atoms with van der Waals surface area (Å²) in [5.74, 6) is -0.385. The maximum absolute atomic E-state index is 13.0. The van der Waals surface area contributed by atoms with Crippen molar-refractivity contribution >= 4 is 27.3 Å². The summed E-state index contributed by atoms with van der Waals surface area (Å²) in [6.45, 7) is 0.874. The van der Waals surface area contributed by atoms with Gasteiger partial charge in [0.2, 0.25) is 5.76 Å². The van der Waals surface area contributed by atoms with Gasteiger partial charge in [-0.1, -0.05) is 16.8 Å². The van der Waals surface area contributed by atoms with Crippen molar-refractivity contribution in [3.8, 4) is 11.3 Å². The van der Waals surface area contributed by atoms with Gasteiger partial charge in [0.1, 0.15) is 5.69 Å². The SMILES string of the molecule is Cn1cc(-c2cc(C(=O)N3CCC[C@@H](c4ncc(Cl)cc4S(C)(=O)=O)C3)on2)cn1. The largest absolute Gasteiger partial charge is 0.350 e. The van der Waals surface area contributed by atoms with E-state index in [0.717, 1.165) is 18.2 Å². The number of sulfone groups is 1. The molecule has 4 rings (SSSR count). The fourth-order valence-electron chi connectivity index (χ4n) is 3.64. The van der Waals surface area contributed by atoms with Crippen molar-refractivity contribution in [3.63, 3.8) is 0 Å². The quantitative estimate of drug-likeness (QED) is 0.601. The van der Waals surface area contributed by atoms with Crippen molar-refractivity contribution < 1.29 is 17.7 Å². The summed E-state index contributed by atoms with van der Waals surface area (Å²) >= 11 is 5.96. The van der Waals surface area contributed by atoms with Crippen LogP contribution < -0.4 is 0 Å². The second kappa shape index (κ2) is 7.84. The molecule has 1 aliphatic rings. The number of amides is 1. The Kier molecular flexibility index (Phi) is 5.37. The second-order valence-corrected chi connectivity index (χ2v) is 9.80. The van der Waals surface area contributed by atoms with Crippen LogP contribution in [0.3, 0.4) is 0 Å². The van der Waals surface area contributed by atoms with E-state index < -0.39 is 9.84 Å². The van der Waals surface area contributed by atoms with Gasteiger partial charge in [-0.25, -0.2) is 8.42 Å². The van der Waals surface area contributed by atoms with E-state index in [-0.39, 0.29) is 27.5 Å². The lowest BCUT2D eigenvalue weighted by molar-refractivity contribution is 0.0663. The van der Waals surface area contributed by atoms with Gasteiger partial charge in [-0.2, -0.15) is 5.10 Å². The van der Waals surface area contributed by atoms with E-state index in [4.69, 9.17) is 16.1 Å². The van der Waals surface area contributed by atoms with E-state index in [0.29, 0.717) is 30.9 Å². The lowest BCUT2D eigenvalue weighted by Crippen LogP contribution is -2.39. The molecule has 1 saturated heterocycles. The maximum Gasteiger partial charge on any atom is 0.292 e. The zero-order valence-corrected chi connectivity index (χ0v) is 18.0. The normalized spacial score (nSPS) is 17.3. The van der Waals surface area contributed by atoms with Crippen LogP contribution in [-0.2, 0) is 16.9 Å². The van der Waals surface area contributed by atoms with E-state index in [1.165, 1.54) is 12.3 Å². The first-order valence-corrected chi connectivity index (χ1v) is 11.6. The Morgan fingerprint density at radius 2 is 2.10 bits per heavy atom. The molecule has 0 unspecified atom stereocenters. The maximum atomic E-state index is 13.0. The van der Waals surface area contributed by atoms with Crippen LogP contribution in [0.15, 0.2) is 40.1 Å². The minimum Gasteiger partial charge on any atom is -0.350 e. The average molecular weight is 450 g/mol. The number of rotatable bonds is 4. The van der Waals surface area contributed by atoms with E-state index in [1.807, 2.05) is 0 Å². The molecule has 0 spiro atoms. The van der Waals surface area contributed by atoms with Crippen LogP contribution in [0.25, 0.3) is 11.3 Å². The minimum atomic E-state index is -3.51. The first-order valence-electron chi connectivity index (χ1n) is 9.33. The average Bonchev–Trinajstić information content (AvgIpc) is 3.36. The Hall–Kier alpha value is -2.72. The number of carbonyl (C=O) groups excluding carboxylic acids is 1. The molecule has 1 atom stereocenters. The first kappa shape index (κ1) is 20.5. The molecule has 1 amide bonds. The second-order valence-electron chi connectivity index (χ2n) is 7.38. The number of hydrogen-bond acceptors (Lipinski definition) is 7. The van der Waals surface area contributed by atoms with Crippen LogP contribution in [-0.4, -0.2) is 58.5 Å². The number of likely N-dealkylation sites (tertiary alicyclic amines) is 1. The predicted molar refractivity (Wildman–Crippen MR) is 109 cm³/mol. The topological polar surface area (TPSA) is 111 Å². The number of nitrogens with zero attached hydrogens (tertiary/aromatic N) is 5. The predicted octanol–water partition coefficient (Wildman–Crippen LogP) is 2.55. The molecule has 3 aromatic heterocycles. The molecule has 0 bridgehead atoms. The highest BCUT2D eigenvalue weighted by Crippen LogP contribution is 2.32. The van der Waals surface area contributed by atoms with Gasteiger partial charge in [0.25, 0.3) is 5.91 Å². The van der Waals surface area contributed by atoms with Crippen molar-refractivity contribution in [3.05, 3.63) is 47.2 Å². The molecule has 1 aliphatic heterocycles. The molecule has 0 radical (unpaired) electrons. The molecule has 30 heavy (non-hydrogen) atoms.